The van der Waals surface area contributed by atoms with Crippen LogP contribution in [-0.4, -0.2) is 23.4 Å². The maximum atomic E-state index is 8.86. The average molecular weight is 249 g/mol. The lowest BCUT2D eigenvalue weighted by Gasteiger charge is -2.22. The van der Waals surface area contributed by atoms with E-state index in [1.807, 2.05) is 0 Å². The fourth-order valence-electron chi connectivity index (χ4n) is 2.11. The van der Waals surface area contributed by atoms with Gasteiger partial charge in [0.05, 0.1) is 12.7 Å². The number of hydrogen-bond donors (Lipinski definition) is 0. The van der Waals surface area contributed by atoms with Gasteiger partial charge in [0.15, 0.2) is 5.82 Å². The molecule has 2 atom stereocenters. The van der Waals surface area contributed by atoms with E-state index in [1.165, 1.54) is 0 Å². The van der Waals surface area contributed by atoms with E-state index in [0.717, 1.165) is 25.3 Å². The highest BCUT2D eigenvalue weighted by Crippen LogP contribution is 2.30. The van der Waals surface area contributed by atoms with Crippen LogP contribution in [0.3, 0.4) is 0 Å². The Morgan fingerprint density at radius 2 is 2.39 bits per heavy atom. The topological polar surface area (TPSA) is 71.9 Å². The summed E-state index contributed by atoms with van der Waals surface area (Å²) < 4.78 is 10.6. The van der Waals surface area contributed by atoms with Gasteiger partial charge in [-0.3, -0.25) is 0 Å². The maximum absolute atomic E-state index is 8.86. The third kappa shape index (κ3) is 2.88. The molecule has 1 saturated heterocycles. The van der Waals surface area contributed by atoms with Crippen LogP contribution in [0.1, 0.15) is 50.7 Å². The van der Waals surface area contributed by atoms with Gasteiger partial charge in [0, 0.05) is 25.4 Å². The molecule has 98 valence electrons. The molecule has 0 N–H and O–H groups in total. The molecular weight excluding hydrogens is 230 g/mol. The molecule has 0 aromatic carbocycles. The van der Waals surface area contributed by atoms with Crippen LogP contribution in [0, 0.1) is 16.7 Å². The molecule has 2 heterocycles. The highest BCUT2D eigenvalue weighted by molar-refractivity contribution is 5.00. The van der Waals surface area contributed by atoms with Gasteiger partial charge < -0.3 is 9.26 Å². The Morgan fingerprint density at radius 3 is 3.00 bits per heavy atom. The van der Waals surface area contributed by atoms with Crippen molar-refractivity contribution < 1.29 is 9.26 Å². The van der Waals surface area contributed by atoms with Gasteiger partial charge in [-0.2, -0.15) is 10.2 Å². The van der Waals surface area contributed by atoms with Crippen LogP contribution < -0.4 is 0 Å². The van der Waals surface area contributed by atoms with E-state index in [-0.39, 0.29) is 11.3 Å². The number of nitriles is 1. The molecule has 1 aliphatic rings. The second kappa shape index (κ2) is 5.49. The number of rotatable bonds is 5. The maximum Gasteiger partial charge on any atom is 0.227 e. The molecule has 0 amide bonds. The normalized spacial score (nSPS) is 22.6. The first-order chi connectivity index (χ1) is 8.67. The lowest BCUT2D eigenvalue weighted by atomic mass is 9.81. The summed E-state index contributed by atoms with van der Waals surface area (Å²) in [7, 11) is 0. The minimum atomic E-state index is -0.0786. The zero-order valence-electron chi connectivity index (χ0n) is 11.0. The minimum absolute atomic E-state index is 0.0786. The van der Waals surface area contributed by atoms with Gasteiger partial charge in [-0.15, -0.1) is 0 Å². The van der Waals surface area contributed by atoms with Crippen LogP contribution >= 0.6 is 0 Å². The van der Waals surface area contributed by atoms with Gasteiger partial charge in [0.1, 0.15) is 0 Å². The van der Waals surface area contributed by atoms with Gasteiger partial charge in [-0.25, -0.2) is 0 Å². The van der Waals surface area contributed by atoms with Gasteiger partial charge in [-0.05, 0) is 18.3 Å². The summed E-state index contributed by atoms with van der Waals surface area (Å²) in [5.74, 6) is 1.65. The lowest BCUT2D eigenvalue weighted by Crippen LogP contribution is -2.18. The van der Waals surface area contributed by atoms with Gasteiger partial charge >= 0.3 is 0 Å². The number of ether oxygens (including phenoxy) is 1. The van der Waals surface area contributed by atoms with E-state index in [2.05, 4.69) is 30.1 Å². The Labute approximate surface area is 107 Å². The Morgan fingerprint density at radius 1 is 1.56 bits per heavy atom. The highest BCUT2D eigenvalue weighted by atomic mass is 16.5. The molecule has 0 aliphatic carbocycles. The van der Waals surface area contributed by atoms with Crippen molar-refractivity contribution in [1.29, 1.82) is 5.26 Å². The Hall–Kier alpha value is -1.41. The lowest BCUT2D eigenvalue weighted by molar-refractivity contribution is 0.192. The summed E-state index contributed by atoms with van der Waals surface area (Å²) in [5, 5.41) is 12.9. The summed E-state index contributed by atoms with van der Waals surface area (Å²) >= 11 is 0. The first kappa shape index (κ1) is 13.0. The van der Waals surface area contributed by atoms with Gasteiger partial charge in [0.25, 0.3) is 0 Å². The second-order valence-electron chi connectivity index (χ2n) is 5.28. The van der Waals surface area contributed by atoms with Crippen molar-refractivity contribution in [2.75, 3.05) is 13.2 Å². The molecule has 1 aromatic heterocycles. The van der Waals surface area contributed by atoms with Crippen LogP contribution in [0.5, 0.6) is 0 Å². The van der Waals surface area contributed by atoms with Crippen molar-refractivity contribution in [1.82, 2.24) is 10.1 Å². The SMILES string of the molecule is CCC(C)(CC#N)Cc1nc(C2CCOC2)no1. The zero-order valence-corrected chi connectivity index (χ0v) is 11.0. The van der Waals surface area contributed by atoms with Gasteiger partial charge in [0.2, 0.25) is 5.89 Å². The molecule has 0 bridgehead atoms. The first-order valence-corrected chi connectivity index (χ1v) is 6.44. The van der Waals surface area contributed by atoms with Crippen molar-refractivity contribution in [2.24, 2.45) is 5.41 Å². The molecule has 5 heteroatoms. The zero-order chi connectivity index (χ0) is 13.0. The quantitative estimate of drug-likeness (QED) is 0.801. The van der Waals surface area contributed by atoms with Gasteiger partial charge in [-0.1, -0.05) is 19.0 Å². The fraction of sp³-hybridized carbons (Fsp3) is 0.769. The number of aromatic nitrogens is 2. The molecular formula is C13H19N3O2. The molecule has 0 saturated carbocycles. The molecule has 2 unspecified atom stereocenters. The molecule has 18 heavy (non-hydrogen) atoms. The second-order valence-corrected chi connectivity index (χ2v) is 5.28. The standard InChI is InChI=1S/C13H19N3O2/c1-3-13(2,5-6-14)8-11-15-12(16-18-11)10-4-7-17-9-10/h10H,3-5,7-9H2,1-2H3. The third-order valence-corrected chi connectivity index (χ3v) is 3.72. The average Bonchev–Trinajstić information content (AvgIpc) is 2.99. The summed E-state index contributed by atoms with van der Waals surface area (Å²) in [4.78, 5) is 4.44. The van der Waals surface area contributed by atoms with E-state index >= 15 is 0 Å². The van der Waals surface area contributed by atoms with Crippen LogP contribution in [0.2, 0.25) is 0 Å². The van der Waals surface area contributed by atoms with E-state index < -0.39 is 0 Å². The van der Waals surface area contributed by atoms with Crippen LogP contribution in [0.25, 0.3) is 0 Å². The van der Waals surface area contributed by atoms with Crippen LogP contribution in [0.4, 0.5) is 0 Å². The van der Waals surface area contributed by atoms with Crippen molar-refractivity contribution in [3.8, 4) is 6.07 Å². The van der Waals surface area contributed by atoms with Crippen LogP contribution in [0.15, 0.2) is 4.52 Å². The Bertz CT molecular complexity index is 432. The van der Waals surface area contributed by atoms with Crippen molar-refractivity contribution in [3.63, 3.8) is 0 Å². The van der Waals surface area contributed by atoms with Crippen molar-refractivity contribution in [2.45, 2.75) is 45.4 Å². The summed E-state index contributed by atoms with van der Waals surface area (Å²) in [6.07, 6.45) is 3.05. The smallest absolute Gasteiger partial charge is 0.227 e. The van der Waals surface area contributed by atoms with Crippen molar-refractivity contribution >= 4 is 0 Å². The third-order valence-electron chi connectivity index (χ3n) is 3.72. The molecule has 1 fully saturated rings. The molecule has 1 aliphatic heterocycles. The molecule has 2 rings (SSSR count). The summed E-state index contributed by atoms with van der Waals surface area (Å²) in [6.45, 7) is 5.62. The molecule has 0 radical (unpaired) electrons. The Kier molecular flexibility index (Phi) is 3.97. The molecule has 5 nitrogen and oxygen atoms in total. The van der Waals surface area contributed by atoms with E-state index in [0.29, 0.717) is 25.3 Å². The minimum Gasteiger partial charge on any atom is -0.381 e. The number of nitrogens with zero attached hydrogens (tertiary/aromatic N) is 3. The predicted molar refractivity (Wildman–Crippen MR) is 64.8 cm³/mol. The molecule has 1 aromatic rings. The van der Waals surface area contributed by atoms with E-state index in [1.54, 1.807) is 0 Å². The van der Waals surface area contributed by atoms with Crippen molar-refractivity contribution in [3.05, 3.63) is 11.7 Å². The summed E-state index contributed by atoms with van der Waals surface area (Å²) in [5.41, 5.74) is -0.0786. The number of hydrogen-bond acceptors (Lipinski definition) is 5. The Balaban J connectivity index is 2.03. The predicted octanol–water partition coefficient (Wildman–Crippen LogP) is 2.45. The van der Waals surface area contributed by atoms with E-state index in [4.69, 9.17) is 14.5 Å². The van der Waals surface area contributed by atoms with Crippen LogP contribution in [-0.2, 0) is 11.2 Å². The summed E-state index contributed by atoms with van der Waals surface area (Å²) in [6, 6.07) is 2.23. The fourth-order valence-corrected chi connectivity index (χ4v) is 2.11. The highest BCUT2D eigenvalue weighted by Gasteiger charge is 2.28. The first-order valence-electron chi connectivity index (χ1n) is 6.44. The largest absolute Gasteiger partial charge is 0.381 e. The monoisotopic (exact) mass is 249 g/mol. The van der Waals surface area contributed by atoms with E-state index in [9.17, 15) is 0 Å². The molecule has 0 spiro atoms.